The third kappa shape index (κ3) is 3.00. The van der Waals surface area contributed by atoms with Crippen LogP contribution in [-0.4, -0.2) is 0 Å². The second kappa shape index (κ2) is 7.28. The van der Waals surface area contributed by atoms with E-state index in [9.17, 15) is 0 Å². The minimum absolute atomic E-state index is 0.984. The molecule has 1 heteroatoms. The molecule has 31 heavy (non-hydrogen) atoms. The molecule has 0 unspecified atom stereocenters. The van der Waals surface area contributed by atoms with Gasteiger partial charge in [-0.1, -0.05) is 85.8 Å². The second-order valence-corrected chi connectivity index (χ2v) is 8.38. The Morgan fingerprint density at radius 2 is 1.42 bits per heavy atom. The molecule has 1 aromatic heterocycles. The number of benzene rings is 4. The molecular weight excluding hydrogens is 376 g/mol. The van der Waals surface area contributed by atoms with Crippen LogP contribution in [0.5, 0.6) is 0 Å². The first-order valence-electron chi connectivity index (χ1n) is 11.1. The van der Waals surface area contributed by atoms with E-state index in [1.54, 1.807) is 0 Å². The van der Waals surface area contributed by atoms with Crippen LogP contribution in [0.4, 0.5) is 0 Å². The zero-order chi connectivity index (χ0) is 20.8. The van der Waals surface area contributed by atoms with Gasteiger partial charge in [-0.05, 0) is 64.8 Å². The van der Waals surface area contributed by atoms with Crippen LogP contribution in [0.2, 0.25) is 0 Å². The van der Waals surface area contributed by atoms with Crippen LogP contribution in [0.3, 0.4) is 0 Å². The molecule has 4 aromatic carbocycles. The first-order valence-corrected chi connectivity index (χ1v) is 11.1. The van der Waals surface area contributed by atoms with Gasteiger partial charge in [0.2, 0.25) is 0 Å². The summed E-state index contributed by atoms with van der Waals surface area (Å²) in [4.78, 5) is 0. The summed E-state index contributed by atoms with van der Waals surface area (Å²) in [5.41, 5.74) is 11.4. The molecule has 0 N–H and O–H groups in total. The maximum absolute atomic E-state index is 6.42. The molecule has 0 saturated carbocycles. The minimum atomic E-state index is 0.984. The summed E-state index contributed by atoms with van der Waals surface area (Å²) in [7, 11) is 0. The monoisotopic (exact) mass is 400 g/mol. The lowest BCUT2D eigenvalue weighted by molar-refractivity contribution is 0.621. The number of hydrogen-bond donors (Lipinski definition) is 0. The van der Waals surface area contributed by atoms with Crippen molar-refractivity contribution < 1.29 is 4.42 Å². The lowest BCUT2D eigenvalue weighted by Gasteiger charge is -2.15. The molecule has 0 atom stereocenters. The van der Waals surface area contributed by atoms with Crippen LogP contribution >= 0.6 is 0 Å². The molecule has 1 aliphatic rings. The molecule has 150 valence electrons. The van der Waals surface area contributed by atoms with Crippen molar-refractivity contribution in [3.63, 3.8) is 0 Å². The summed E-state index contributed by atoms with van der Waals surface area (Å²) >= 11 is 0. The Bertz CT molecular complexity index is 1420. The summed E-state index contributed by atoms with van der Waals surface area (Å²) in [5.74, 6) is 1.05. The molecule has 0 aliphatic heterocycles. The van der Waals surface area contributed by atoms with Gasteiger partial charge in [0.25, 0.3) is 0 Å². The summed E-state index contributed by atoms with van der Waals surface area (Å²) in [6.45, 7) is 2.20. The molecule has 0 amide bonds. The van der Waals surface area contributed by atoms with Crippen LogP contribution in [0.15, 0.2) is 95.4 Å². The number of rotatable bonds is 3. The quantitative estimate of drug-likeness (QED) is 0.298. The Morgan fingerprint density at radius 1 is 0.677 bits per heavy atom. The van der Waals surface area contributed by atoms with Crippen molar-refractivity contribution >= 4 is 11.0 Å². The van der Waals surface area contributed by atoms with E-state index in [-0.39, 0.29) is 0 Å². The fraction of sp³-hybridized carbons (Fsp3) is 0.133. The smallest absolute Gasteiger partial charge is 0.138 e. The summed E-state index contributed by atoms with van der Waals surface area (Å²) in [6.07, 6.45) is 3.14. The van der Waals surface area contributed by atoms with E-state index in [1.165, 1.54) is 49.9 Å². The molecule has 1 aliphatic carbocycles. The highest BCUT2D eigenvalue weighted by atomic mass is 16.3. The molecule has 0 spiro atoms. The number of aryl methyl sites for hydroxylation is 3. The van der Waals surface area contributed by atoms with E-state index in [0.29, 0.717) is 0 Å². The predicted octanol–water partition coefficient (Wildman–Crippen LogP) is 8.09. The Hall–Kier alpha value is -3.58. The van der Waals surface area contributed by atoms with Crippen molar-refractivity contribution in [3.8, 4) is 33.6 Å². The standard InChI is InChI=1S/C30H24O/c1-2-20-8-5-10-22(18-20)23-11-6-12-24(19-23)25-14-7-15-28-29(25)27-17-16-21-9-3-4-13-26(21)30(27)31-28/h3-15,18-19H,2,16-17H2,1H3. The van der Waals surface area contributed by atoms with Gasteiger partial charge >= 0.3 is 0 Å². The predicted molar refractivity (Wildman–Crippen MR) is 129 cm³/mol. The molecule has 1 nitrogen and oxygen atoms in total. The van der Waals surface area contributed by atoms with E-state index in [2.05, 4.69) is 97.9 Å². The van der Waals surface area contributed by atoms with Gasteiger partial charge in [-0.25, -0.2) is 0 Å². The van der Waals surface area contributed by atoms with E-state index in [4.69, 9.17) is 4.42 Å². The fourth-order valence-corrected chi connectivity index (χ4v) is 4.97. The average molecular weight is 401 g/mol. The highest BCUT2D eigenvalue weighted by molar-refractivity contribution is 6.01. The zero-order valence-corrected chi connectivity index (χ0v) is 17.7. The average Bonchev–Trinajstić information content (AvgIpc) is 3.23. The second-order valence-electron chi connectivity index (χ2n) is 8.38. The van der Waals surface area contributed by atoms with Gasteiger partial charge in [-0.15, -0.1) is 0 Å². The largest absolute Gasteiger partial charge is 0.456 e. The van der Waals surface area contributed by atoms with Crippen LogP contribution in [-0.2, 0) is 19.3 Å². The minimum Gasteiger partial charge on any atom is -0.456 e. The van der Waals surface area contributed by atoms with Crippen molar-refractivity contribution in [2.45, 2.75) is 26.2 Å². The van der Waals surface area contributed by atoms with Gasteiger partial charge in [-0.2, -0.15) is 0 Å². The van der Waals surface area contributed by atoms with Crippen molar-refractivity contribution in [1.82, 2.24) is 0 Å². The van der Waals surface area contributed by atoms with Crippen LogP contribution in [0.1, 0.15) is 23.6 Å². The Kier molecular flexibility index (Phi) is 4.28. The Morgan fingerprint density at radius 3 is 2.32 bits per heavy atom. The van der Waals surface area contributed by atoms with E-state index >= 15 is 0 Å². The fourth-order valence-electron chi connectivity index (χ4n) is 4.97. The van der Waals surface area contributed by atoms with Crippen LogP contribution < -0.4 is 0 Å². The maximum atomic E-state index is 6.42. The highest BCUT2D eigenvalue weighted by Gasteiger charge is 2.24. The normalized spacial score (nSPS) is 12.5. The van der Waals surface area contributed by atoms with Gasteiger partial charge in [0, 0.05) is 16.5 Å². The SMILES string of the molecule is CCc1cccc(-c2cccc(-c3cccc4oc5c(c34)CCc3ccccc3-5)c2)c1. The Labute approximate surface area is 183 Å². The van der Waals surface area contributed by atoms with Crippen molar-refractivity contribution in [2.75, 3.05) is 0 Å². The lowest BCUT2D eigenvalue weighted by Crippen LogP contribution is -2.01. The first kappa shape index (κ1) is 18.2. The highest BCUT2D eigenvalue weighted by Crippen LogP contribution is 2.43. The number of furan rings is 1. The van der Waals surface area contributed by atoms with Crippen LogP contribution in [0, 0.1) is 0 Å². The molecule has 0 bridgehead atoms. The van der Waals surface area contributed by atoms with Gasteiger partial charge in [-0.3, -0.25) is 0 Å². The summed E-state index contributed by atoms with van der Waals surface area (Å²) < 4.78 is 6.42. The van der Waals surface area contributed by atoms with Gasteiger partial charge < -0.3 is 4.42 Å². The third-order valence-electron chi connectivity index (χ3n) is 6.56. The van der Waals surface area contributed by atoms with Crippen molar-refractivity contribution in [1.29, 1.82) is 0 Å². The Balaban J connectivity index is 1.53. The molecule has 0 fully saturated rings. The molecular formula is C30H24O. The van der Waals surface area contributed by atoms with Gasteiger partial charge in [0.15, 0.2) is 0 Å². The molecule has 0 saturated heterocycles. The van der Waals surface area contributed by atoms with Gasteiger partial charge in [0.1, 0.15) is 11.3 Å². The van der Waals surface area contributed by atoms with Crippen molar-refractivity contribution in [2.24, 2.45) is 0 Å². The van der Waals surface area contributed by atoms with Gasteiger partial charge in [0.05, 0.1) is 0 Å². The van der Waals surface area contributed by atoms with Crippen molar-refractivity contribution in [3.05, 3.63) is 108 Å². The molecule has 1 heterocycles. The molecule has 5 aromatic rings. The number of fused-ring (bicyclic) bond motifs is 5. The van der Waals surface area contributed by atoms with E-state index in [1.807, 2.05) is 0 Å². The van der Waals surface area contributed by atoms with E-state index < -0.39 is 0 Å². The zero-order valence-electron chi connectivity index (χ0n) is 17.7. The summed E-state index contributed by atoms with van der Waals surface area (Å²) in [6, 6.07) is 32.9. The van der Waals surface area contributed by atoms with Crippen LogP contribution in [0.25, 0.3) is 44.5 Å². The molecule has 0 radical (unpaired) electrons. The topological polar surface area (TPSA) is 13.1 Å². The van der Waals surface area contributed by atoms with E-state index in [0.717, 1.165) is 30.6 Å². The first-order chi connectivity index (χ1) is 15.3. The molecule has 6 rings (SSSR count). The third-order valence-corrected chi connectivity index (χ3v) is 6.56. The summed E-state index contributed by atoms with van der Waals surface area (Å²) in [5, 5.41) is 1.27. The maximum Gasteiger partial charge on any atom is 0.138 e. The lowest BCUT2D eigenvalue weighted by atomic mass is 9.87. The number of hydrogen-bond acceptors (Lipinski definition) is 1.